The van der Waals surface area contributed by atoms with E-state index in [1.165, 1.54) is 96.3 Å². The van der Waals surface area contributed by atoms with Crippen molar-refractivity contribution in [2.45, 2.75) is 114 Å². The van der Waals surface area contributed by atoms with Crippen molar-refractivity contribution in [3.05, 3.63) is 11.9 Å². The van der Waals surface area contributed by atoms with Gasteiger partial charge in [-0.2, -0.15) is 0 Å². The van der Waals surface area contributed by atoms with E-state index in [-0.39, 0.29) is 0 Å². The molecule has 0 unspecified atom stereocenters. The minimum atomic E-state index is -5.17. The monoisotopic (exact) mass is 449 g/mol. The number of quaternary nitrogens is 3. The fraction of sp³-hybridized carbons (Fsp3) is 0.857. The molecule has 0 saturated heterocycles. The Bertz CT molecular complexity index is 471. The summed E-state index contributed by atoms with van der Waals surface area (Å²) in [7, 11) is -5.17. The minimum Gasteiger partial charge on any atom is -0.807 e. The Morgan fingerprint density at radius 1 is 0.667 bits per heavy atom. The van der Waals surface area contributed by atoms with Crippen molar-refractivity contribution in [1.29, 1.82) is 0 Å². The first kappa shape index (κ1) is 29.2. The molecule has 8 nitrogen and oxygen atoms in total. The SMILES string of the molecule is C=C(C(=O)[O-])P(=O)([O-])[O-].[NH3+]C1CCCCC1.[NH3+]C1CCCCC1.[NH3+]C1CCCCC1. The van der Waals surface area contributed by atoms with Gasteiger partial charge in [0.1, 0.15) is 0 Å². The van der Waals surface area contributed by atoms with Gasteiger partial charge in [0, 0.05) is 0 Å². The molecule has 0 amide bonds. The predicted molar refractivity (Wildman–Crippen MR) is 111 cm³/mol. The van der Waals surface area contributed by atoms with Gasteiger partial charge < -0.3 is 41.5 Å². The van der Waals surface area contributed by atoms with Crippen molar-refractivity contribution in [3.8, 4) is 0 Å². The molecule has 3 saturated carbocycles. The number of carboxylic acid groups (broad SMARTS) is 1. The molecule has 0 aromatic rings. The highest BCUT2D eigenvalue weighted by Crippen LogP contribution is 2.32. The maximum absolute atomic E-state index is 9.72. The third-order valence-corrected chi connectivity index (χ3v) is 6.58. The second-order valence-corrected chi connectivity index (χ2v) is 10.3. The average Bonchev–Trinajstić information content (AvgIpc) is 2.70. The third kappa shape index (κ3) is 17.0. The molecule has 3 fully saturated rings. The fourth-order valence-electron chi connectivity index (χ4n) is 3.67. The lowest BCUT2D eigenvalue weighted by molar-refractivity contribution is -0.425. The molecular weight excluding hydrogens is 405 g/mol. The summed E-state index contributed by atoms with van der Waals surface area (Å²) in [6.45, 7) is 2.48. The van der Waals surface area contributed by atoms with E-state index in [0.29, 0.717) is 0 Å². The zero-order valence-electron chi connectivity index (χ0n) is 18.7. The molecule has 0 heterocycles. The van der Waals surface area contributed by atoms with E-state index < -0.39 is 18.9 Å². The molecular formula is C21H44N3O5P. The molecule has 9 N–H and O–H groups in total. The van der Waals surface area contributed by atoms with Crippen LogP contribution in [0, 0.1) is 0 Å². The van der Waals surface area contributed by atoms with Gasteiger partial charge in [0.25, 0.3) is 0 Å². The molecule has 0 bridgehead atoms. The van der Waals surface area contributed by atoms with Crippen LogP contribution in [-0.4, -0.2) is 24.1 Å². The van der Waals surface area contributed by atoms with Gasteiger partial charge in [-0.1, -0.05) is 25.8 Å². The van der Waals surface area contributed by atoms with E-state index in [4.69, 9.17) is 0 Å². The summed E-state index contributed by atoms with van der Waals surface area (Å²) in [5.74, 6) is -2.05. The normalized spacial score (nSPS) is 21.0. The third-order valence-electron chi connectivity index (χ3n) is 5.74. The van der Waals surface area contributed by atoms with E-state index in [1.54, 1.807) is 0 Å². The summed E-state index contributed by atoms with van der Waals surface area (Å²) >= 11 is 0. The second-order valence-electron chi connectivity index (χ2n) is 8.74. The van der Waals surface area contributed by atoms with Gasteiger partial charge in [0.05, 0.1) is 24.1 Å². The number of carbonyl (C=O) groups excluding carboxylic acids is 1. The van der Waals surface area contributed by atoms with Crippen molar-refractivity contribution in [1.82, 2.24) is 0 Å². The predicted octanol–water partition coefficient (Wildman–Crippen LogP) is -1.15. The number of carboxylic acids is 1. The Kier molecular flexibility index (Phi) is 16.4. The van der Waals surface area contributed by atoms with Gasteiger partial charge in [-0.15, -0.1) is 0 Å². The van der Waals surface area contributed by atoms with Crippen LogP contribution in [0.15, 0.2) is 11.9 Å². The van der Waals surface area contributed by atoms with Gasteiger partial charge in [-0.05, 0) is 90.0 Å². The molecule has 3 aliphatic rings. The Hall–Kier alpha value is -0.760. The van der Waals surface area contributed by atoms with Crippen molar-refractivity contribution in [3.63, 3.8) is 0 Å². The molecule has 0 spiro atoms. The fourth-order valence-corrected chi connectivity index (χ4v) is 3.90. The summed E-state index contributed by atoms with van der Waals surface area (Å²) in [6.07, 6.45) is 21.1. The zero-order valence-corrected chi connectivity index (χ0v) is 19.5. The van der Waals surface area contributed by atoms with Gasteiger partial charge >= 0.3 is 0 Å². The lowest BCUT2D eigenvalue weighted by atomic mass is 9.97. The minimum absolute atomic E-state index is 0.786. The quantitative estimate of drug-likeness (QED) is 0.354. The van der Waals surface area contributed by atoms with E-state index >= 15 is 0 Å². The van der Waals surface area contributed by atoms with Crippen LogP contribution in [-0.2, 0) is 9.36 Å². The van der Waals surface area contributed by atoms with Crippen molar-refractivity contribution < 1.29 is 41.5 Å². The first-order valence-corrected chi connectivity index (χ1v) is 13.0. The molecule has 9 heteroatoms. The Morgan fingerprint density at radius 3 is 0.967 bits per heavy atom. The molecule has 3 rings (SSSR count). The second kappa shape index (κ2) is 16.9. The Labute approximate surface area is 181 Å². The summed E-state index contributed by atoms with van der Waals surface area (Å²) in [6, 6.07) is 2.36. The topological polar surface area (TPSA) is 186 Å². The van der Waals surface area contributed by atoms with E-state index in [9.17, 15) is 24.3 Å². The molecule has 3 aliphatic carbocycles. The lowest BCUT2D eigenvalue weighted by Crippen LogP contribution is -2.61. The van der Waals surface area contributed by atoms with Crippen LogP contribution in [0.4, 0.5) is 0 Å². The highest BCUT2D eigenvalue weighted by Gasteiger charge is 2.11. The summed E-state index contributed by atoms with van der Waals surface area (Å²) in [4.78, 5) is 29.0. The maximum atomic E-state index is 9.72. The van der Waals surface area contributed by atoms with Gasteiger partial charge in [-0.25, -0.2) is 0 Å². The number of hydrogen-bond acceptors (Lipinski definition) is 5. The summed E-state index contributed by atoms with van der Waals surface area (Å²) in [5.41, 5.74) is 12.0. The van der Waals surface area contributed by atoms with Crippen LogP contribution in [0.25, 0.3) is 0 Å². The molecule has 0 aromatic carbocycles. The molecule has 0 aliphatic heterocycles. The van der Waals surface area contributed by atoms with Crippen LogP contribution in [0.3, 0.4) is 0 Å². The highest BCUT2D eigenvalue weighted by molar-refractivity contribution is 7.55. The van der Waals surface area contributed by atoms with E-state index in [0.717, 1.165) is 18.1 Å². The molecule has 30 heavy (non-hydrogen) atoms. The van der Waals surface area contributed by atoms with E-state index in [2.05, 4.69) is 23.8 Å². The highest BCUT2D eigenvalue weighted by atomic mass is 31.2. The zero-order chi connectivity index (χ0) is 23.0. The largest absolute Gasteiger partial charge is 0.807 e. The van der Waals surface area contributed by atoms with Gasteiger partial charge in [-0.3, -0.25) is 0 Å². The molecule has 0 atom stereocenters. The van der Waals surface area contributed by atoms with Crippen molar-refractivity contribution in [2.24, 2.45) is 0 Å². The smallest absolute Gasteiger partial charge is 0.0843 e. The molecule has 0 aromatic heterocycles. The number of carbonyl (C=O) groups is 1. The molecule has 0 radical (unpaired) electrons. The Balaban J connectivity index is 0.000000375. The first-order valence-electron chi connectivity index (χ1n) is 11.5. The number of rotatable bonds is 2. The van der Waals surface area contributed by atoms with Crippen molar-refractivity contribution >= 4 is 13.6 Å². The van der Waals surface area contributed by atoms with Gasteiger partial charge in [0.2, 0.25) is 0 Å². The van der Waals surface area contributed by atoms with Crippen LogP contribution < -0.4 is 32.1 Å². The average molecular weight is 450 g/mol. The van der Waals surface area contributed by atoms with Crippen molar-refractivity contribution in [2.75, 3.05) is 0 Å². The van der Waals surface area contributed by atoms with E-state index in [1.807, 2.05) is 0 Å². The Morgan fingerprint density at radius 2 is 0.900 bits per heavy atom. The van der Waals surface area contributed by atoms with Crippen LogP contribution in [0.2, 0.25) is 0 Å². The summed E-state index contributed by atoms with van der Waals surface area (Å²) < 4.78 is 9.72. The number of hydrogen-bond donors (Lipinski definition) is 3. The van der Waals surface area contributed by atoms with Crippen LogP contribution in [0.1, 0.15) is 96.3 Å². The standard InChI is InChI=1S/3C6H13N.C3H5O5P/c3*7-6-4-2-1-3-5-6;1-2(3(4)5)9(6,7)8/h3*6H,1-5,7H2;1H2,(H,4,5)(H2,6,7,8). The lowest BCUT2D eigenvalue weighted by Gasteiger charge is -2.31. The number of aliphatic carboxylic acids is 1. The first-order chi connectivity index (χ1) is 14.0. The summed E-state index contributed by atoms with van der Waals surface area (Å²) in [5, 5.41) is 8.15. The van der Waals surface area contributed by atoms with Gasteiger partial charge in [0.15, 0.2) is 0 Å². The van der Waals surface area contributed by atoms with Crippen LogP contribution >= 0.6 is 7.60 Å². The maximum Gasteiger partial charge on any atom is 0.0843 e. The molecule has 178 valence electrons. The van der Waals surface area contributed by atoms with Crippen LogP contribution in [0.5, 0.6) is 0 Å².